The van der Waals surface area contributed by atoms with E-state index in [-0.39, 0.29) is 11.7 Å². The number of hydrogen-bond donors (Lipinski definition) is 2. The van der Waals surface area contributed by atoms with Crippen LogP contribution >= 0.6 is 11.3 Å². The van der Waals surface area contributed by atoms with Crippen LogP contribution in [-0.2, 0) is 11.2 Å². The number of thiophene rings is 1. The molecule has 0 saturated heterocycles. The molecule has 0 aliphatic heterocycles. The van der Waals surface area contributed by atoms with Crippen molar-refractivity contribution >= 4 is 34.0 Å². The Morgan fingerprint density at radius 3 is 3.11 bits per heavy atom. The molecule has 3 aromatic rings. The zero-order chi connectivity index (χ0) is 13.2. The molecule has 0 spiro atoms. The number of amides is 1. The van der Waals surface area contributed by atoms with E-state index in [1.54, 1.807) is 6.07 Å². The number of aromatic amines is 1. The molecule has 96 valence electrons. The molecule has 0 unspecified atom stereocenters. The van der Waals surface area contributed by atoms with Gasteiger partial charge >= 0.3 is 0 Å². The summed E-state index contributed by atoms with van der Waals surface area (Å²) in [5.74, 6) is -0.168. The molecule has 3 rings (SSSR count). The van der Waals surface area contributed by atoms with Gasteiger partial charge in [0.25, 0.3) is 0 Å². The lowest BCUT2D eigenvalue weighted by molar-refractivity contribution is -0.115. The number of fused-ring (bicyclic) bond motifs is 1. The Hall–Kier alpha value is -2.21. The Bertz CT molecular complexity index is 721. The van der Waals surface area contributed by atoms with Crippen LogP contribution in [0.5, 0.6) is 0 Å². The number of H-pyrrole nitrogens is 1. The number of carbonyl (C=O) groups excluding carboxylic acids is 1. The van der Waals surface area contributed by atoms with Crippen LogP contribution in [0.3, 0.4) is 0 Å². The quantitative estimate of drug-likeness (QED) is 0.772. The maximum atomic E-state index is 13.2. The van der Waals surface area contributed by atoms with Gasteiger partial charge in [0, 0.05) is 10.3 Å². The van der Waals surface area contributed by atoms with Crippen LogP contribution in [0.2, 0.25) is 0 Å². The zero-order valence-corrected chi connectivity index (χ0v) is 10.6. The number of anilines is 1. The average Bonchev–Trinajstić information content (AvgIpc) is 3.00. The van der Waals surface area contributed by atoms with E-state index in [0.717, 1.165) is 4.88 Å². The molecule has 2 N–H and O–H groups in total. The molecule has 0 fully saturated rings. The number of aromatic nitrogens is 2. The fraction of sp³-hybridized carbons (Fsp3) is 0.0769. The number of carbonyl (C=O) groups is 1. The number of benzene rings is 1. The second-order valence-electron chi connectivity index (χ2n) is 4.07. The second kappa shape index (κ2) is 4.81. The first kappa shape index (κ1) is 11.9. The number of halogens is 1. The fourth-order valence-electron chi connectivity index (χ4n) is 1.83. The van der Waals surface area contributed by atoms with Crippen molar-refractivity contribution < 1.29 is 9.18 Å². The molecule has 0 bridgehead atoms. The summed E-state index contributed by atoms with van der Waals surface area (Å²) in [6, 6.07) is 8.07. The van der Waals surface area contributed by atoms with Crippen molar-refractivity contribution in [2.24, 2.45) is 0 Å². The third-order valence-corrected chi connectivity index (χ3v) is 3.57. The predicted octanol–water partition coefficient (Wildman–Crippen LogP) is 2.94. The molecule has 0 saturated carbocycles. The molecule has 19 heavy (non-hydrogen) atoms. The van der Waals surface area contributed by atoms with Crippen molar-refractivity contribution in [1.29, 1.82) is 0 Å². The lowest BCUT2D eigenvalue weighted by Gasteiger charge is -2.01. The summed E-state index contributed by atoms with van der Waals surface area (Å²) < 4.78 is 13.2. The van der Waals surface area contributed by atoms with Crippen LogP contribution in [-0.4, -0.2) is 16.1 Å². The standard InChI is InChI=1S/C13H10FN3OS/c14-8-3-4-11-10(6-8)13(17-16-11)15-12(18)7-9-2-1-5-19-9/h1-6H,7H2,(H2,15,16,17,18). The maximum Gasteiger partial charge on any atom is 0.230 e. The number of hydrogen-bond acceptors (Lipinski definition) is 3. The summed E-state index contributed by atoms with van der Waals surface area (Å²) in [4.78, 5) is 12.8. The fourth-order valence-corrected chi connectivity index (χ4v) is 2.53. The van der Waals surface area contributed by atoms with Crippen molar-refractivity contribution in [3.63, 3.8) is 0 Å². The molecule has 0 aliphatic rings. The normalized spacial score (nSPS) is 10.8. The summed E-state index contributed by atoms with van der Waals surface area (Å²) in [6.07, 6.45) is 0.293. The van der Waals surface area contributed by atoms with Crippen LogP contribution in [0.15, 0.2) is 35.7 Å². The first-order valence-corrected chi connectivity index (χ1v) is 6.56. The van der Waals surface area contributed by atoms with Gasteiger partial charge in [-0.2, -0.15) is 5.10 Å². The number of nitrogens with zero attached hydrogens (tertiary/aromatic N) is 1. The predicted molar refractivity (Wildman–Crippen MR) is 72.7 cm³/mol. The molecule has 2 aromatic heterocycles. The molecule has 1 aromatic carbocycles. The van der Waals surface area contributed by atoms with Gasteiger partial charge in [-0.1, -0.05) is 6.07 Å². The van der Waals surface area contributed by atoms with E-state index in [0.29, 0.717) is 23.1 Å². The van der Waals surface area contributed by atoms with E-state index >= 15 is 0 Å². The van der Waals surface area contributed by atoms with E-state index in [1.807, 2.05) is 17.5 Å². The van der Waals surface area contributed by atoms with Gasteiger partial charge in [0.15, 0.2) is 5.82 Å². The molecule has 4 nitrogen and oxygen atoms in total. The smallest absolute Gasteiger partial charge is 0.230 e. The summed E-state index contributed by atoms with van der Waals surface area (Å²) in [5, 5.41) is 11.9. The van der Waals surface area contributed by atoms with Crippen molar-refractivity contribution in [2.45, 2.75) is 6.42 Å². The highest BCUT2D eigenvalue weighted by molar-refractivity contribution is 7.10. The first-order valence-electron chi connectivity index (χ1n) is 5.68. The topological polar surface area (TPSA) is 57.8 Å². The number of nitrogens with one attached hydrogen (secondary N) is 2. The van der Waals surface area contributed by atoms with Gasteiger partial charge in [-0.3, -0.25) is 9.89 Å². The van der Waals surface area contributed by atoms with Crippen molar-refractivity contribution in [3.8, 4) is 0 Å². The van der Waals surface area contributed by atoms with Crippen LogP contribution in [0.25, 0.3) is 10.9 Å². The highest BCUT2D eigenvalue weighted by Crippen LogP contribution is 2.21. The molecule has 2 heterocycles. The summed E-state index contributed by atoms with van der Waals surface area (Å²) in [7, 11) is 0. The highest BCUT2D eigenvalue weighted by atomic mass is 32.1. The average molecular weight is 275 g/mol. The Morgan fingerprint density at radius 2 is 2.32 bits per heavy atom. The molecule has 0 aliphatic carbocycles. The molecule has 0 radical (unpaired) electrons. The Labute approximate surface area is 112 Å². The number of rotatable bonds is 3. The van der Waals surface area contributed by atoms with Gasteiger partial charge in [0.05, 0.1) is 11.9 Å². The van der Waals surface area contributed by atoms with Crippen molar-refractivity contribution in [1.82, 2.24) is 10.2 Å². The molecule has 6 heteroatoms. The minimum atomic E-state index is -0.359. The zero-order valence-electron chi connectivity index (χ0n) is 9.81. The minimum Gasteiger partial charge on any atom is -0.308 e. The van der Waals surface area contributed by atoms with E-state index in [9.17, 15) is 9.18 Å². The van der Waals surface area contributed by atoms with Crippen molar-refractivity contribution in [3.05, 3.63) is 46.4 Å². The summed E-state index contributed by atoms with van der Waals surface area (Å²) in [6.45, 7) is 0. The van der Waals surface area contributed by atoms with Crippen LogP contribution in [0.4, 0.5) is 10.2 Å². The molecule has 1 amide bonds. The van der Waals surface area contributed by atoms with Gasteiger partial charge in [-0.05, 0) is 29.6 Å². The van der Waals surface area contributed by atoms with Gasteiger partial charge in [0.1, 0.15) is 5.82 Å². The summed E-state index contributed by atoms with van der Waals surface area (Å²) in [5.41, 5.74) is 0.688. The Morgan fingerprint density at radius 1 is 1.42 bits per heavy atom. The van der Waals surface area contributed by atoms with E-state index in [2.05, 4.69) is 15.5 Å². The Balaban J connectivity index is 1.81. The highest BCUT2D eigenvalue weighted by Gasteiger charge is 2.11. The van der Waals surface area contributed by atoms with Gasteiger partial charge in [0.2, 0.25) is 5.91 Å². The third-order valence-electron chi connectivity index (χ3n) is 2.70. The SMILES string of the molecule is O=C(Cc1cccs1)Nc1n[nH]c2ccc(F)cc12. The molecule has 0 atom stereocenters. The lowest BCUT2D eigenvalue weighted by Crippen LogP contribution is -2.14. The maximum absolute atomic E-state index is 13.2. The monoisotopic (exact) mass is 275 g/mol. The second-order valence-corrected chi connectivity index (χ2v) is 5.10. The van der Waals surface area contributed by atoms with Crippen molar-refractivity contribution in [2.75, 3.05) is 5.32 Å². The third kappa shape index (κ3) is 2.48. The molecular formula is C13H10FN3OS. The van der Waals surface area contributed by atoms with E-state index in [4.69, 9.17) is 0 Å². The van der Waals surface area contributed by atoms with Crippen LogP contribution < -0.4 is 5.32 Å². The first-order chi connectivity index (χ1) is 9.22. The van der Waals surface area contributed by atoms with E-state index < -0.39 is 0 Å². The lowest BCUT2D eigenvalue weighted by atomic mass is 10.2. The van der Waals surface area contributed by atoms with Gasteiger partial charge in [-0.15, -0.1) is 11.3 Å². The summed E-state index contributed by atoms with van der Waals surface area (Å²) >= 11 is 1.52. The van der Waals surface area contributed by atoms with Crippen LogP contribution in [0.1, 0.15) is 4.88 Å². The largest absolute Gasteiger partial charge is 0.308 e. The Kier molecular flexibility index (Phi) is 3.00. The minimum absolute atomic E-state index is 0.167. The van der Waals surface area contributed by atoms with Gasteiger partial charge in [-0.25, -0.2) is 4.39 Å². The molecular weight excluding hydrogens is 265 g/mol. The van der Waals surface area contributed by atoms with E-state index in [1.165, 1.54) is 23.5 Å². The van der Waals surface area contributed by atoms with Crippen LogP contribution in [0, 0.1) is 5.82 Å². The van der Waals surface area contributed by atoms with Gasteiger partial charge < -0.3 is 5.32 Å².